The molecule has 0 aliphatic carbocycles. The minimum atomic E-state index is 0.222. The van der Waals surface area contributed by atoms with Crippen molar-refractivity contribution in [2.75, 3.05) is 26.4 Å². The van der Waals surface area contributed by atoms with Gasteiger partial charge < -0.3 is 19.9 Å². The average molecular weight is 249 g/mol. The van der Waals surface area contributed by atoms with Crippen LogP contribution >= 0.6 is 0 Å². The molecule has 4 heteroatoms. The Morgan fingerprint density at radius 2 is 2.06 bits per heavy atom. The molecule has 1 aromatic rings. The summed E-state index contributed by atoms with van der Waals surface area (Å²) in [6.07, 6.45) is 2.20. The molecule has 0 amide bonds. The van der Waals surface area contributed by atoms with Crippen molar-refractivity contribution in [3.05, 3.63) is 23.8 Å². The first-order chi connectivity index (χ1) is 8.88. The molecule has 2 aliphatic heterocycles. The van der Waals surface area contributed by atoms with Crippen molar-refractivity contribution in [2.24, 2.45) is 5.92 Å². The van der Waals surface area contributed by atoms with Gasteiger partial charge in [0.05, 0.1) is 0 Å². The average Bonchev–Trinajstić information content (AvgIpc) is 2.46. The molecule has 2 atom stereocenters. The minimum Gasteiger partial charge on any atom is -0.486 e. The smallest absolute Gasteiger partial charge is 0.161 e. The number of ether oxygens (including phenoxy) is 2. The molecule has 2 unspecified atom stereocenters. The predicted molar refractivity (Wildman–Crippen MR) is 68.0 cm³/mol. The molecule has 1 saturated heterocycles. The van der Waals surface area contributed by atoms with E-state index in [2.05, 4.69) is 11.4 Å². The largest absolute Gasteiger partial charge is 0.486 e. The van der Waals surface area contributed by atoms with Gasteiger partial charge in [-0.05, 0) is 37.1 Å². The van der Waals surface area contributed by atoms with Crippen molar-refractivity contribution in [1.29, 1.82) is 0 Å². The predicted octanol–water partition coefficient (Wildman–Crippen LogP) is 1.49. The molecule has 0 saturated carbocycles. The second-order valence-electron chi connectivity index (χ2n) is 4.92. The number of aliphatic hydroxyl groups is 1. The van der Waals surface area contributed by atoms with Crippen LogP contribution in [-0.2, 0) is 0 Å². The summed E-state index contributed by atoms with van der Waals surface area (Å²) in [6.45, 7) is 2.47. The molecule has 18 heavy (non-hydrogen) atoms. The van der Waals surface area contributed by atoms with Gasteiger partial charge in [0, 0.05) is 18.6 Å². The Morgan fingerprint density at radius 3 is 2.89 bits per heavy atom. The van der Waals surface area contributed by atoms with Gasteiger partial charge in [0.2, 0.25) is 0 Å². The lowest BCUT2D eigenvalue weighted by Crippen LogP contribution is -2.36. The number of nitrogens with one attached hydrogen (secondary N) is 1. The Balaban J connectivity index is 1.86. The fourth-order valence-electron chi connectivity index (χ4n) is 2.80. The molecule has 2 N–H and O–H groups in total. The summed E-state index contributed by atoms with van der Waals surface area (Å²) in [5.41, 5.74) is 1.18. The zero-order chi connectivity index (χ0) is 12.4. The standard InChI is InChI=1S/C14H19NO3/c16-9-11-2-1-5-15-14(11)10-3-4-12-13(8-10)18-7-6-17-12/h3-4,8,11,14-16H,1-2,5-7,9H2. The first kappa shape index (κ1) is 11.8. The number of hydrogen-bond donors (Lipinski definition) is 2. The number of aliphatic hydroxyl groups excluding tert-OH is 1. The topological polar surface area (TPSA) is 50.7 Å². The van der Waals surface area contributed by atoms with Gasteiger partial charge in [-0.15, -0.1) is 0 Å². The zero-order valence-electron chi connectivity index (χ0n) is 10.4. The highest BCUT2D eigenvalue weighted by Gasteiger charge is 2.26. The molecule has 1 aromatic carbocycles. The molecule has 2 heterocycles. The monoisotopic (exact) mass is 249 g/mol. The van der Waals surface area contributed by atoms with E-state index in [1.165, 1.54) is 5.56 Å². The molecule has 0 bridgehead atoms. The Kier molecular flexibility index (Phi) is 3.39. The maximum Gasteiger partial charge on any atom is 0.161 e. The van der Waals surface area contributed by atoms with E-state index in [1.54, 1.807) is 0 Å². The maximum absolute atomic E-state index is 9.47. The minimum absolute atomic E-state index is 0.222. The van der Waals surface area contributed by atoms with Gasteiger partial charge in [0.15, 0.2) is 11.5 Å². The quantitative estimate of drug-likeness (QED) is 0.834. The highest BCUT2D eigenvalue weighted by atomic mass is 16.6. The van der Waals surface area contributed by atoms with Gasteiger partial charge in [0.1, 0.15) is 13.2 Å². The molecule has 0 radical (unpaired) electrons. The lowest BCUT2D eigenvalue weighted by Gasteiger charge is -2.32. The Bertz CT molecular complexity index is 422. The van der Waals surface area contributed by atoms with E-state index in [4.69, 9.17) is 9.47 Å². The van der Waals surface area contributed by atoms with Gasteiger partial charge >= 0.3 is 0 Å². The van der Waals surface area contributed by atoms with E-state index in [9.17, 15) is 5.11 Å². The van der Waals surface area contributed by atoms with Crippen LogP contribution in [0.25, 0.3) is 0 Å². The van der Waals surface area contributed by atoms with Gasteiger partial charge in [-0.2, -0.15) is 0 Å². The first-order valence-electron chi connectivity index (χ1n) is 6.62. The highest BCUT2D eigenvalue weighted by molar-refractivity contribution is 5.44. The summed E-state index contributed by atoms with van der Waals surface area (Å²) in [7, 11) is 0. The summed E-state index contributed by atoms with van der Waals surface area (Å²) in [4.78, 5) is 0. The highest BCUT2D eigenvalue weighted by Crippen LogP contribution is 2.36. The number of rotatable bonds is 2. The number of piperidine rings is 1. The van der Waals surface area contributed by atoms with E-state index in [1.807, 2.05) is 12.1 Å². The van der Waals surface area contributed by atoms with E-state index < -0.39 is 0 Å². The Morgan fingerprint density at radius 1 is 1.22 bits per heavy atom. The van der Waals surface area contributed by atoms with Gasteiger partial charge in [-0.3, -0.25) is 0 Å². The Labute approximate surface area is 107 Å². The second kappa shape index (κ2) is 5.16. The molecule has 4 nitrogen and oxygen atoms in total. The second-order valence-corrected chi connectivity index (χ2v) is 4.92. The molecule has 98 valence electrons. The van der Waals surface area contributed by atoms with Crippen molar-refractivity contribution in [2.45, 2.75) is 18.9 Å². The first-order valence-corrected chi connectivity index (χ1v) is 6.62. The van der Waals surface area contributed by atoms with Crippen LogP contribution in [-0.4, -0.2) is 31.5 Å². The number of benzene rings is 1. The van der Waals surface area contributed by atoms with Crippen LogP contribution in [0.3, 0.4) is 0 Å². The molecule has 1 fully saturated rings. The molecule has 0 aromatic heterocycles. The fraction of sp³-hybridized carbons (Fsp3) is 0.571. The van der Waals surface area contributed by atoms with Crippen LogP contribution in [0.1, 0.15) is 24.4 Å². The normalized spacial score (nSPS) is 26.9. The van der Waals surface area contributed by atoms with Crippen LogP contribution in [0, 0.1) is 5.92 Å². The summed E-state index contributed by atoms with van der Waals surface area (Å²) < 4.78 is 11.1. The molecule has 3 rings (SSSR count). The third kappa shape index (κ3) is 2.18. The van der Waals surface area contributed by atoms with Crippen LogP contribution in [0.5, 0.6) is 11.5 Å². The summed E-state index contributed by atoms with van der Waals surface area (Å²) in [5, 5.41) is 13.0. The summed E-state index contributed by atoms with van der Waals surface area (Å²) in [5.74, 6) is 1.94. The fourth-order valence-corrected chi connectivity index (χ4v) is 2.80. The van der Waals surface area contributed by atoms with E-state index >= 15 is 0 Å². The number of hydrogen-bond acceptors (Lipinski definition) is 4. The van der Waals surface area contributed by atoms with E-state index in [0.717, 1.165) is 30.9 Å². The summed E-state index contributed by atoms with van der Waals surface area (Å²) >= 11 is 0. The van der Waals surface area contributed by atoms with Crippen LogP contribution in [0.15, 0.2) is 18.2 Å². The van der Waals surface area contributed by atoms with Crippen LogP contribution in [0.4, 0.5) is 0 Å². The van der Waals surface area contributed by atoms with Crippen molar-refractivity contribution < 1.29 is 14.6 Å². The molecular formula is C14H19NO3. The molecule has 2 aliphatic rings. The summed E-state index contributed by atoms with van der Waals surface area (Å²) in [6, 6.07) is 6.30. The van der Waals surface area contributed by atoms with Crippen LogP contribution in [0.2, 0.25) is 0 Å². The van der Waals surface area contributed by atoms with Gasteiger partial charge in [0.25, 0.3) is 0 Å². The Hall–Kier alpha value is -1.26. The lowest BCUT2D eigenvalue weighted by atomic mass is 9.87. The molecular weight excluding hydrogens is 230 g/mol. The van der Waals surface area contributed by atoms with Gasteiger partial charge in [-0.1, -0.05) is 6.07 Å². The van der Waals surface area contributed by atoms with E-state index in [-0.39, 0.29) is 12.6 Å². The SMILES string of the molecule is OCC1CCCNC1c1ccc2c(c1)OCCO2. The van der Waals surface area contributed by atoms with Gasteiger partial charge in [-0.25, -0.2) is 0 Å². The zero-order valence-corrected chi connectivity index (χ0v) is 10.4. The van der Waals surface area contributed by atoms with Crippen LogP contribution < -0.4 is 14.8 Å². The van der Waals surface area contributed by atoms with Crippen molar-refractivity contribution >= 4 is 0 Å². The number of fused-ring (bicyclic) bond motifs is 1. The van der Waals surface area contributed by atoms with Crippen molar-refractivity contribution in [1.82, 2.24) is 5.32 Å². The van der Waals surface area contributed by atoms with E-state index in [0.29, 0.717) is 19.1 Å². The maximum atomic E-state index is 9.47. The van der Waals surface area contributed by atoms with Crippen molar-refractivity contribution in [3.63, 3.8) is 0 Å². The third-order valence-electron chi connectivity index (χ3n) is 3.75. The lowest BCUT2D eigenvalue weighted by molar-refractivity contribution is 0.157. The molecule has 0 spiro atoms. The van der Waals surface area contributed by atoms with Crippen molar-refractivity contribution in [3.8, 4) is 11.5 Å². The third-order valence-corrected chi connectivity index (χ3v) is 3.75.